The predicted molar refractivity (Wildman–Crippen MR) is 89.9 cm³/mol. The standard InChI is InChI=1S/C19H31NO/c1-4-20-19(17-10-5-15(2)6-11-17)14-9-16-7-12-18(21-3)13-8-16/h7-8,12-13,15,17,19-20H,4-6,9-11,14H2,1-3H3. The number of methoxy groups -OCH3 is 1. The van der Waals surface area contributed by atoms with Crippen molar-refractivity contribution in [2.24, 2.45) is 11.8 Å². The minimum Gasteiger partial charge on any atom is -0.497 e. The van der Waals surface area contributed by atoms with Crippen LogP contribution in [-0.4, -0.2) is 19.7 Å². The molecule has 1 N–H and O–H groups in total. The molecule has 0 radical (unpaired) electrons. The number of hydrogen-bond donors (Lipinski definition) is 1. The summed E-state index contributed by atoms with van der Waals surface area (Å²) >= 11 is 0. The molecule has 1 aliphatic rings. The van der Waals surface area contributed by atoms with Crippen LogP contribution >= 0.6 is 0 Å². The highest BCUT2D eigenvalue weighted by molar-refractivity contribution is 5.27. The van der Waals surface area contributed by atoms with Crippen molar-refractivity contribution in [2.75, 3.05) is 13.7 Å². The van der Waals surface area contributed by atoms with Crippen molar-refractivity contribution < 1.29 is 4.74 Å². The van der Waals surface area contributed by atoms with Crippen LogP contribution in [0.25, 0.3) is 0 Å². The molecule has 0 saturated heterocycles. The topological polar surface area (TPSA) is 21.3 Å². The third-order valence-electron chi connectivity index (χ3n) is 5.00. The molecule has 2 nitrogen and oxygen atoms in total. The first-order valence-corrected chi connectivity index (χ1v) is 8.59. The lowest BCUT2D eigenvalue weighted by Gasteiger charge is -2.33. The minimum atomic E-state index is 0.685. The van der Waals surface area contributed by atoms with Crippen LogP contribution in [0.4, 0.5) is 0 Å². The highest BCUT2D eigenvalue weighted by Crippen LogP contribution is 2.31. The summed E-state index contributed by atoms with van der Waals surface area (Å²) in [5.41, 5.74) is 1.42. The zero-order valence-corrected chi connectivity index (χ0v) is 13.9. The van der Waals surface area contributed by atoms with E-state index in [4.69, 9.17) is 4.74 Å². The third-order valence-corrected chi connectivity index (χ3v) is 5.00. The minimum absolute atomic E-state index is 0.685. The lowest BCUT2D eigenvalue weighted by atomic mass is 9.78. The van der Waals surface area contributed by atoms with Gasteiger partial charge < -0.3 is 10.1 Å². The molecule has 1 atom stereocenters. The van der Waals surface area contributed by atoms with E-state index in [2.05, 4.69) is 43.4 Å². The molecular formula is C19H31NO. The van der Waals surface area contributed by atoms with Crippen LogP contribution in [0.5, 0.6) is 5.75 Å². The molecule has 0 aliphatic heterocycles. The van der Waals surface area contributed by atoms with Gasteiger partial charge in [0.05, 0.1) is 7.11 Å². The highest BCUT2D eigenvalue weighted by Gasteiger charge is 2.25. The van der Waals surface area contributed by atoms with Crippen molar-refractivity contribution in [3.63, 3.8) is 0 Å². The van der Waals surface area contributed by atoms with Gasteiger partial charge in [-0.3, -0.25) is 0 Å². The van der Waals surface area contributed by atoms with Gasteiger partial charge in [0.1, 0.15) is 5.75 Å². The Morgan fingerprint density at radius 1 is 1.14 bits per heavy atom. The smallest absolute Gasteiger partial charge is 0.118 e. The van der Waals surface area contributed by atoms with Gasteiger partial charge in [0, 0.05) is 6.04 Å². The summed E-state index contributed by atoms with van der Waals surface area (Å²) in [5, 5.41) is 3.74. The first-order chi connectivity index (χ1) is 10.2. The van der Waals surface area contributed by atoms with Gasteiger partial charge in [-0.15, -0.1) is 0 Å². The summed E-state index contributed by atoms with van der Waals surface area (Å²) < 4.78 is 5.23. The van der Waals surface area contributed by atoms with E-state index in [0.717, 1.165) is 30.6 Å². The molecular weight excluding hydrogens is 258 g/mol. The first-order valence-electron chi connectivity index (χ1n) is 8.59. The fraction of sp³-hybridized carbons (Fsp3) is 0.684. The molecule has 1 aromatic rings. The lowest BCUT2D eigenvalue weighted by molar-refractivity contribution is 0.224. The van der Waals surface area contributed by atoms with Crippen molar-refractivity contribution in [3.05, 3.63) is 29.8 Å². The maximum atomic E-state index is 5.23. The summed E-state index contributed by atoms with van der Waals surface area (Å²) in [6, 6.07) is 9.22. The van der Waals surface area contributed by atoms with E-state index >= 15 is 0 Å². The largest absolute Gasteiger partial charge is 0.497 e. The van der Waals surface area contributed by atoms with Gasteiger partial charge in [-0.1, -0.05) is 38.8 Å². The molecule has 1 saturated carbocycles. The zero-order chi connectivity index (χ0) is 15.1. The van der Waals surface area contributed by atoms with Gasteiger partial charge >= 0.3 is 0 Å². The van der Waals surface area contributed by atoms with E-state index in [1.54, 1.807) is 7.11 Å². The van der Waals surface area contributed by atoms with Crippen molar-refractivity contribution in [1.29, 1.82) is 0 Å². The fourth-order valence-corrected chi connectivity index (χ4v) is 3.57. The number of ether oxygens (including phenoxy) is 1. The molecule has 1 fully saturated rings. The van der Waals surface area contributed by atoms with Gasteiger partial charge in [-0.25, -0.2) is 0 Å². The second-order valence-electron chi connectivity index (χ2n) is 6.57. The molecule has 1 aromatic carbocycles. The van der Waals surface area contributed by atoms with Crippen molar-refractivity contribution >= 4 is 0 Å². The number of aryl methyl sites for hydroxylation is 1. The van der Waals surface area contributed by atoms with Gasteiger partial charge in [0.25, 0.3) is 0 Å². The zero-order valence-electron chi connectivity index (χ0n) is 13.9. The Balaban J connectivity index is 1.86. The summed E-state index contributed by atoms with van der Waals surface area (Å²) in [4.78, 5) is 0. The number of benzene rings is 1. The van der Waals surface area contributed by atoms with Crippen LogP contribution in [0.3, 0.4) is 0 Å². The van der Waals surface area contributed by atoms with E-state index in [1.165, 1.54) is 37.7 Å². The van der Waals surface area contributed by atoms with Gasteiger partial charge in [0.15, 0.2) is 0 Å². The number of hydrogen-bond acceptors (Lipinski definition) is 2. The maximum absolute atomic E-state index is 5.23. The molecule has 0 spiro atoms. The first kappa shape index (κ1) is 16.4. The summed E-state index contributed by atoms with van der Waals surface area (Å²) in [7, 11) is 1.72. The predicted octanol–water partition coefficient (Wildman–Crippen LogP) is 4.43. The van der Waals surface area contributed by atoms with Crippen LogP contribution < -0.4 is 10.1 Å². The average molecular weight is 289 g/mol. The Hall–Kier alpha value is -1.02. The Kier molecular flexibility index (Phi) is 6.56. The highest BCUT2D eigenvalue weighted by atomic mass is 16.5. The Bertz CT molecular complexity index is 393. The third kappa shape index (κ3) is 5.03. The van der Waals surface area contributed by atoms with Crippen LogP contribution in [-0.2, 0) is 6.42 Å². The maximum Gasteiger partial charge on any atom is 0.118 e. The molecule has 118 valence electrons. The molecule has 0 bridgehead atoms. The Morgan fingerprint density at radius 3 is 2.38 bits per heavy atom. The van der Waals surface area contributed by atoms with Crippen molar-refractivity contribution in [3.8, 4) is 5.75 Å². The van der Waals surface area contributed by atoms with Crippen LogP contribution in [0.15, 0.2) is 24.3 Å². The second-order valence-corrected chi connectivity index (χ2v) is 6.57. The van der Waals surface area contributed by atoms with Gasteiger partial charge in [-0.05, 0) is 61.8 Å². The van der Waals surface area contributed by atoms with E-state index in [0.29, 0.717) is 6.04 Å². The summed E-state index contributed by atoms with van der Waals surface area (Å²) in [5.74, 6) is 2.76. The Labute approximate surface area is 130 Å². The van der Waals surface area contributed by atoms with Crippen LogP contribution in [0.2, 0.25) is 0 Å². The number of nitrogens with one attached hydrogen (secondary N) is 1. The van der Waals surface area contributed by atoms with E-state index in [1.807, 2.05) is 0 Å². The monoisotopic (exact) mass is 289 g/mol. The molecule has 1 aliphatic carbocycles. The SMILES string of the molecule is CCNC(CCc1ccc(OC)cc1)C1CCC(C)CC1. The van der Waals surface area contributed by atoms with E-state index in [9.17, 15) is 0 Å². The molecule has 0 aromatic heterocycles. The quantitative estimate of drug-likeness (QED) is 0.801. The molecule has 21 heavy (non-hydrogen) atoms. The Morgan fingerprint density at radius 2 is 1.81 bits per heavy atom. The van der Waals surface area contributed by atoms with Gasteiger partial charge in [-0.2, -0.15) is 0 Å². The number of rotatable bonds is 7. The molecule has 2 rings (SSSR count). The van der Waals surface area contributed by atoms with Gasteiger partial charge in [0.2, 0.25) is 0 Å². The summed E-state index contributed by atoms with van der Waals surface area (Å²) in [6.45, 7) is 5.71. The lowest BCUT2D eigenvalue weighted by Crippen LogP contribution is -2.38. The average Bonchev–Trinajstić information content (AvgIpc) is 2.53. The molecule has 2 heteroatoms. The van der Waals surface area contributed by atoms with Crippen LogP contribution in [0.1, 0.15) is 51.5 Å². The van der Waals surface area contributed by atoms with Crippen LogP contribution in [0, 0.1) is 11.8 Å². The molecule has 0 amide bonds. The fourth-order valence-electron chi connectivity index (χ4n) is 3.57. The summed E-state index contributed by atoms with van der Waals surface area (Å²) in [6.07, 6.45) is 8.04. The normalized spacial score (nSPS) is 23.8. The van der Waals surface area contributed by atoms with Crippen molar-refractivity contribution in [2.45, 2.75) is 58.4 Å². The van der Waals surface area contributed by atoms with E-state index in [-0.39, 0.29) is 0 Å². The van der Waals surface area contributed by atoms with Crippen molar-refractivity contribution in [1.82, 2.24) is 5.32 Å². The second kappa shape index (κ2) is 8.43. The van der Waals surface area contributed by atoms with E-state index < -0.39 is 0 Å². The molecule has 1 unspecified atom stereocenters. The molecule has 0 heterocycles.